The lowest BCUT2D eigenvalue weighted by Crippen LogP contribution is -2.34. The Kier molecular flexibility index (Phi) is 9.96. The van der Waals surface area contributed by atoms with E-state index in [0.717, 1.165) is 13.0 Å². The lowest BCUT2D eigenvalue weighted by atomic mass is 9.88. The molecule has 4 heteroatoms. The molecule has 1 fully saturated rings. The molecule has 0 aliphatic heterocycles. The number of aliphatic hydroxyl groups excluding tert-OH is 1. The van der Waals surface area contributed by atoms with Gasteiger partial charge in [0.25, 0.3) is 0 Å². The number of aliphatic hydroxyl groups is 1. The molecular weight excluding hydrogens is 258 g/mol. The second kappa shape index (κ2) is 11.0. The highest BCUT2D eigenvalue weighted by atomic mass is 32.2. The van der Waals surface area contributed by atoms with Crippen LogP contribution in [0.2, 0.25) is 0 Å². The fraction of sp³-hybridized carbons (Fsp3) is 1.00. The van der Waals surface area contributed by atoms with Gasteiger partial charge in [0, 0.05) is 6.54 Å². The van der Waals surface area contributed by atoms with Crippen molar-refractivity contribution in [2.24, 2.45) is 5.92 Å². The van der Waals surface area contributed by atoms with E-state index in [1.807, 2.05) is 11.8 Å². The summed E-state index contributed by atoms with van der Waals surface area (Å²) in [6.45, 7) is 4.39. The van der Waals surface area contributed by atoms with E-state index in [-0.39, 0.29) is 6.10 Å². The van der Waals surface area contributed by atoms with Crippen LogP contribution >= 0.6 is 11.8 Å². The summed E-state index contributed by atoms with van der Waals surface area (Å²) in [6.07, 6.45) is 9.62. The van der Waals surface area contributed by atoms with Crippen molar-refractivity contribution in [3.8, 4) is 0 Å². The summed E-state index contributed by atoms with van der Waals surface area (Å²) in [5.41, 5.74) is 0. The molecule has 0 amide bonds. The maximum absolute atomic E-state index is 9.88. The van der Waals surface area contributed by atoms with Gasteiger partial charge in [0.05, 0.1) is 18.8 Å². The van der Waals surface area contributed by atoms with E-state index < -0.39 is 0 Å². The van der Waals surface area contributed by atoms with E-state index in [0.29, 0.717) is 25.2 Å². The molecule has 0 aromatic rings. The van der Waals surface area contributed by atoms with Crippen molar-refractivity contribution in [2.75, 3.05) is 31.7 Å². The van der Waals surface area contributed by atoms with Gasteiger partial charge in [-0.05, 0) is 50.2 Å². The van der Waals surface area contributed by atoms with Crippen LogP contribution in [0.15, 0.2) is 0 Å². The Morgan fingerprint density at radius 3 is 2.84 bits per heavy atom. The molecule has 0 aromatic heterocycles. The molecule has 0 saturated heterocycles. The highest BCUT2D eigenvalue weighted by Crippen LogP contribution is 2.26. The first-order valence-corrected chi connectivity index (χ1v) is 9.12. The molecular formula is C15H31NO2S. The van der Waals surface area contributed by atoms with Crippen molar-refractivity contribution in [3.05, 3.63) is 0 Å². The van der Waals surface area contributed by atoms with Gasteiger partial charge in [-0.2, -0.15) is 11.8 Å². The Balaban J connectivity index is 1.96. The van der Waals surface area contributed by atoms with Crippen LogP contribution in [0.3, 0.4) is 0 Å². The molecule has 1 aliphatic rings. The molecule has 0 radical (unpaired) electrons. The average molecular weight is 289 g/mol. The zero-order valence-corrected chi connectivity index (χ0v) is 13.4. The van der Waals surface area contributed by atoms with E-state index in [2.05, 4.69) is 18.5 Å². The van der Waals surface area contributed by atoms with E-state index in [9.17, 15) is 5.11 Å². The Hall–Kier alpha value is 0.230. The van der Waals surface area contributed by atoms with Gasteiger partial charge >= 0.3 is 0 Å². The zero-order valence-electron chi connectivity index (χ0n) is 12.6. The third-order valence-electron chi connectivity index (χ3n) is 3.87. The van der Waals surface area contributed by atoms with Crippen LogP contribution in [0.25, 0.3) is 0 Å². The van der Waals surface area contributed by atoms with Crippen LogP contribution in [-0.4, -0.2) is 49.0 Å². The molecule has 3 nitrogen and oxygen atoms in total. The van der Waals surface area contributed by atoms with Gasteiger partial charge in [0.1, 0.15) is 0 Å². The molecule has 3 atom stereocenters. The summed E-state index contributed by atoms with van der Waals surface area (Å²) in [5, 5.41) is 13.2. The van der Waals surface area contributed by atoms with Crippen molar-refractivity contribution >= 4 is 11.8 Å². The fourth-order valence-corrected chi connectivity index (χ4v) is 3.08. The topological polar surface area (TPSA) is 41.5 Å². The summed E-state index contributed by atoms with van der Waals surface area (Å²) in [4.78, 5) is 0. The van der Waals surface area contributed by atoms with Gasteiger partial charge < -0.3 is 15.2 Å². The first-order chi connectivity index (χ1) is 9.24. The van der Waals surface area contributed by atoms with Crippen molar-refractivity contribution in [1.29, 1.82) is 0 Å². The quantitative estimate of drug-likeness (QED) is 0.607. The second-order valence-electron chi connectivity index (χ2n) is 5.69. The third kappa shape index (κ3) is 8.18. The van der Waals surface area contributed by atoms with Crippen LogP contribution < -0.4 is 5.32 Å². The molecule has 0 bridgehead atoms. The number of thioether (sulfide) groups is 1. The Morgan fingerprint density at radius 2 is 2.11 bits per heavy atom. The molecule has 0 heterocycles. The fourth-order valence-electron chi connectivity index (χ4n) is 2.59. The predicted molar refractivity (Wildman–Crippen MR) is 83.9 cm³/mol. The van der Waals surface area contributed by atoms with E-state index in [1.54, 1.807) is 0 Å². The predicted octanol–water partition coefficient (Wildman–Crippen LogP) is 2.68. The van der Waals surface area contributed by atoms with Gasteiger partial charge in [-0.15, -0.1) is 0 Å². The van der Waals surface area contributed by atoms with Crippen molar-refractivity contribution in [3.63, 3.8) is 0 Å². The van der Waals surface area contributed by atoms with Crippen molar-refractivity contribution < 1.29 is 9.84 Å². The normalized spacial score (nSPS) is 25.4. The largest absolute Gasteiger partial charge is 0.389 e. The Labute approximate surface area is 122 Å². The van der Waals surface area contributed by atoms with Gasteiger partial charge in [0.15, 0.2) is 0 Å². The molecule has 1 aliphatic carbocycles. The number of nitrogens with one attached hydrogen (secondary N) is 1. The maximum atomic E-state index is 9.88. The van der Waals surface area contributed by atoms with Crippen molar-refractivity contribution in [2.45, 2.75) is 57.7 Å². The molecule has 2 N–H and O–H groups in total. The number of unbranched alkanes of at least 4 members (excludes halogenated alkanes) is 1. The maximum Gasteiger partial charge on any atom is 0.0897 e. The van der Waals surface area contributed by atoms with Gasteiger partial charge in [-0.25, -0.2) is 0 Å². The summed E-state index contributed by atoms with van der Waals surface area (Å²) >= 11 is 1.89. The van der Waals surface area contributed by atoms with E-state index in [4.69, 9.17) is 4.74 Å². The Bertz CT molecular complexity index is 216. The first-order valence-electron chi connectivity index (χ1n) is 7.73. The Morgan fingerprint density at radius 1 is 1.32 bits per heavy atom. The lowest BCUT2D eigenvalue weighted by molar-refractivity contribution is -0.0451. The standard InChI is InChI=1S/C15H31NO2S/c1-13-7-3-4-8-15(13)18-12-14(17)11-16-9-5-6-10-19-2/h13-17H,3-12H2,1-2H3. The molecule has 0 aromatic carbocycles. The monoisotopic (exact) mass is 289 g/mol. The van der Waals surface area contributed by atoms with E-state index in [1.165, 1.54) is 37.9 Å². The number of hydrogen-bond acceptors (Lipinski definition) is 4. The summed E-state index contributed by atoms with van der Waals surface area (Å²) < 4.78 is 5.86. The second-order valence-corrected chi connectivity index (χ2v) is 6.68. The summed E-state index contributed by atoms with van der Waals surface area (Å²) in [5.74, 6) is 1.88. The van der Waals surface area contributed by atoms with Gasteiger partial charge in [-0.3, -0.25) is 0 Å². The first kappa shape index (κ1) is 17.3. The van der Waals surface area contributed by atoms with Crippen LogP contribution in [0, 0.1) is 5.92 Å². The highest BCUT2D eigenvalue weighted by Gasteiger charge is 2.22. The van der Waals surface area contributed by atoms with E-state index >= 15 is 0 Å². The molecule has 114 valence electrons. The number of ether oxygens (including phenoxy) is 1. The molecule has 1 rings (SSSR count). The minimum Gasteiger partial charge on any atom is -0.389 e. The minimum atomic E-state index is -0.366. The van der Waals surface area contributed by atoms with Gasteiger partial charge in [0.2, 0.25) is 0 Å². The summed E-state index contributed by atoms with van der Waals surface area (Å²) in [6, 6.07) is 0. The molecule has 0 spiro atoms. The zero-order chi connectivity index (χ0) is 13.9. The minimum absolute atomic E-state index is 0.366. The van der Waals surface area contributed by atoms with Gasteiger partial charge in [-0.1, -0.05) is 19.8 Å². The molecule has 1 saturated carbocycles. The SMILES string of the molecule is CSCCCCNCC(O)COC1CCCCC1C. The lowest BCUT2D eigenvalue weighted by Gasteiger charge is -2.29. The van der Waals surface area contributed by atoms with Crippen molar-refractivity contribution in [1.82, 2.24) is 5.32 Å². The smallest absolute Gasteiger partial charge is 0.0897 e. The molecule has 19 heavy (non-hydrogen) atoms. The third-order valence-corrected chi connectivity index (χ3v) is 4.56. The molecule has 3 unspecified atom stereocenters. The van der Waals surface area contributed by atoms with Crippen LogP contribution in [0.5, 0.6) is 0 Å². The highest BCUT2D eigenvalue weighted by molar-refractivity contribution is 7.98. The summed E-state index contributed by atoms with van der Waals surface area (Å²) in [7, 11) is 0. The number of rotatable bonds is 10. The number of hydrogen-bond donors (Lipinski definition) is 2. The van der Waals surface area contributed by atoms with Crippen LogP contribution in [0.4, 0.5) is 0 Å². The van der Waals surface area contributed by atoms with Crippen LogP contribution in [0.1, 0.15) is 45.4 Å². The van der Waals surface area contributed by atoms with Crippen LogP contribution in [-0.2, 0) is 4.74 Å². The average Bonchev–Trinajstić information content (AvgIpc) is 2.42.